The first-order chi connectivity index (χ1) is 10.0. The Kier molecular flexibility index (Phi) is 4.57. The summed E-state index contributed by atoms with van der Waals surface area (Å²) in [5.41, 5.74) is -0.263. The molecular weight excluding hydrogens is 284 g/mol. The normalized spacial score (nSPS) is 30.7. The molecular formula is C15H26N4OS. The van der Waals surface area contributed by atoms with Crippen LogP contribution in [0.15, 0.2) is 6.20 Å². The summed E-state index contributed by atoms with van der Waals surface area (Å²) in [6.07, 6.45) is 8.10. The van der Waals surface area contributed by atoms with E-state index in [-0.39, 0.29) is 0 Å². The Morgan fingerprint density at radius 3 is 2.81 bits per heavy atom. The smallest absolute Gasteiger partial charge is 0.114 e. The Morgan fingerprint density at radius 2 is 2.14 bits per heavy atom. The molecule has 1 aliphatic heterocycles. The van der Waals surface area contributed by atoms with E-state index in [1.165, 1.54) is 37.2 Å². The van der Waals surface area contributed by atoms with Gasteiger partial charge in [0.2, 0.25) is 0 Å². The molecule has 21 heavy (non-hydrogen) atoms. The average Bonchev–Trinajstić information content (AvgIpc) is 3.09. The van der Waals surface area contributed by atoms with Gasteiger partial charge in [-0.3, -0.25) is 0 Å². The van der Waals surface area contributed by atoms with Gasteiger partial charge >= 0.3 is 0 Å². The molecule has 118 valence electrons. The maximum atomic E-state index is 10.1. The monoisotopic (exact) mass is 310 g/mol. The van der Waals surface area contributed by atoms with Crippen LogP contribution in [0, 0.1) is 0 Å². The van der Waals surface area contributed by atoms with Crippen molar-refractivity contribution in [2.75, 3.05) is 11.5 Å². The Morgan fingerprint density at radius 1 is 1.33 bits per heavy atom. The van der Waals surface area contributed by atoms with Gasteiger partial charge < -0.3 is 10.4 Å². The molecule has 1 saturated carbocycles. The molecule has 6 heteroatoms. The van der Waals surface area contributed by atoms with Crippen LogP contribution in [0.25, 0.3) is 0 Å². The van der Waals surface area contributed by atoms with E-state index in [0.717, 1.165) is 6.42 Å². The molecule has 2 heterocycles. The molecule has 2 N–H and O–H groups in total. The maximum absolute atomic E-state index is 10.1. The molecule has 2 fully saturated rings. The molecule has 3 rings (SSSR count). The van der Waals surface area contributed by atoms with E-state index in [1.54, 1.807) is 13.8 Å². The lowest BCUT2D eigenvalue weighted by Crippen LogP contribution is -2.45. The van der Waals surface area contributed by atoms with Gasteiger partial charge in [-0.2, -0.15) is 11.8 Å². The Labute approximate surface area is 130 Å². The molecule has 1 aromatic rings. The van der Waals surface area contributed by atoms with E-state index >= 15 is 0 Å². The molecule has 0 bridgehead atoms. The zero-order chi connectivity index (χ0) is 14.9. The first kappa shape index (κ1) is 15.3. The maximum Gasteiger partial charge on any atom is 0.114 e. The van der Waals surface area contributed by atoms with Gasteiger partial charge in [0.05, 0.1) is 12.2 Å². The van der Waals surface area contributed by atoms with Crippen molar-refractivity contribution in [3.63, 3.8) is 0 Å². The highest BCUT2D eigenvalue weighted by Gasteiger charge is 2.31. The van der Waals surface area contributed by atoms with Gasteiger partial charge in [-0.25, -0.2) is 4.68 Å². The number of aromatic nitrogens is 3. The molecule has 1 aliphatic carbocycles. The summed E-state index contributed by atoms with van der Waals surface area (Å²) in [4.78, 5) is 0. The van der Waals surface area contributed by atoms with Crippen molar-refractivity contribution in [1.29, 1.82) is 0 Å². The largest absolute Gasteiger partial charge is 0.384 e. The van der Waals surface area contributed by atoms with Crippen LogP contribution in [-0.2, 0) is 5.60 Å². The van der Waals surface area contributed by atoms with Crippen LogP contribution in [0.4, 0.5) is 0 Å². The molecule has 1 aromatic heterocycles. The highest BCUT2D eigenvalue weighted by molar-refractivity contribution is 7.99. The van der Waals surface area contributed by atoms with Gasteiger partial charge in [0, 0.05) is 17.8 Å². The summed E-state index contributed by atoms with van der Waals surface area (Å²) < 4.78 is 1.98. The number of nitrogens with zero attached hydrogens (tertiary/aromatic N) is 3. The number of nitrogens with one attached hydrogen (secondary N) is 1. The fourth-order valence-corrected chi connectivity index (χ4v) is 4.48. The van der Waals surface area contributed by atoms with Gasteiger partial charge in [-0.15, -0.1) is 5.10 Å². The lowest BCUT2D eigenvalue weighted by atomic mass is 9.89. The third kappa shape index (κ3) is 3.60. The van der Waals surface area contributed by atoms with Crippen LogP contribution < -0.4 is 5.32 Å². The van der Waals surface area contributed by atoms with Crippen molar-refractivity contribution in [1.82, 2.24) is 20.3 Å². The van der Waals surface area contributed by atoms with E-state index in [9.17, 15) is 5.11 Å². The Bertz CT molecular complexity index is 464. The lowest BCUT2D eigenvalue weighted by molar-refractivity contribution is 0.0736. The van der Waals surface area contributed by atoms with Gasteiger partial charge in [0.15, 0.2) is 0 Å². The van der Waals surface area contributed by atoms with Gasteiger partial charge in [-0.05, 0) is 38.9 Å². The zero-order valence-corrected chi connectivity index (χ0v) is 13.8. The first-order valence-corrected chi connectivity index (χ1v) is 9.18. The van der Waals surface area contributed by atoms with E-state index < -0.39 is 5.60 Å². The summed E-state index contributed by atoms with van der Waals surface area (Å²) in [5.74, 6) is 2.51. The van der Waals surface area contributed by atoms with Crippen LogP contribution >= 0.6 is 11.8 Å². The van der Waals surface area contributed by atoms with Gasteiger partial charge in [0.25, 0.3) is 0 Å². The summed E-state index contributed by atoms with van der Waals surface area (Å²) in [6, 6.07) is 1.50. The quantitative estimate of drug-likeness (QED) is 0.891. The minimum Gasteiger partial charge on any atom is -0.384 e. The molecule has 0 amide bonds. The molecule has 0 unspecified atom stereocenters. The van der Waals surface area contributed by atoms with Crippen molar-refractivity contribution >= 4 is 11.8 Å². The third-order valence-corrected chi connectivity index (χ3v) is 5.75. The van der Waals surface area contributed by atoms with Crippen LogP contribution in [0.3, 0.4) is 0 Å². The average molecular weight is 310 g/mol. The molecule has 5 nitrogen and oxygen atoms in total. The van der Waals surface area contributed by atoms with Crippen molar-refractivity contribution in [3.8, 4) is 0 Å². The Balaban J connectivity index is 1.72. The number of thioether (sulfide) groups is 1. The van der Waals surface area contributed by atoms with E-state index in [2.05, 4.69) is 15.6 Å². The van der Waals surface area contributed by atoms with Crippen LogP contribution in [-0.4, -0.2) is 43.7 Å². The fraction of sp³-hybridized carbons (Fsp3) is 0.867. The minimum atomic E-state index is -0.919. The molecule has 0 spiro atoms. The summed E-state index contributed by atoms with van der Waals surface area (Å²) in [6.45, 7) is 3.52. The highest BCUT2D eigenvalue weighted by Crippen LogP contribution is 2.30. The zero-order valence-electron chi connectivity index (χ0n) is 13.0. The van der Waals surface area contributed by atoms with Crippen molar-refractivity contribution in [2.45, 2.75) is 69.7 Å². The SMILES string of the molecule is CC(C)(O)c1cn([C@@H]2CCCC[C@@H]2N[C@@H]2CCSC2)nn1. The second-order valence-electron chi connectivity index (χ2n) is 6.83. The Hall–Kier alpha value is -0.590. The standard InChI is InChI=1S/C15H26N4OS/c1-15(2,20)14-9-19(18-17-14)13-6-4-3-5-12(13)16-11-7-8-21-10-11/h9,11-13,16,20H,3-8,10H2,1-2H3/t11-,12+,13-/m1/s1. The summed E-state index contributed by atoms with van der Waals surface area (Å²) >= 11 is 2.04. The number of hydrogen-bond donors (Lipinski definition) is 2. The topological polar surface area (TPSA) is 63.0 Å². The highest BCUT2D eigenvalue weighted by atomic mass is 32.2. The predicted molar refractivity (Wildman–Crippen MR) is 85.4 cm³/mol. The number of aliphatic hydroxyl groups is 1. The van der Waals surface area contributed by atoms with Crippen molar-refractivity contribution in [2.24, 2.45) is 0 Å². The molecule has 1 saturated heterocycles. The second kappa shape index (κ2) is 6.26. The van der Waals surface area contributed by atoms with Crippen LogP contribution in [0.1, 0.15) is 57.7 Å². The van der Waals surface area contributed by atoms with Crippen LogP contribution in [0.5, 0.6) is 0 Å². The van der Waals surface area contributed by atoms with Gasteiger partial charge in [0.1, 0.15) is 11.3 Å². The predicted octanol–water partition coefficient (Wildman–Crippen LogP) is 2.08. The first-order valence-electron chi connectivity index (χ1n) is 8.02. The lowest BCUT2D eigenvalue weighted by Gasteiger charge is -2.34. The van der Waals surface area contributed by atoms with Crippen molar-refractivity contribution < 1.29 is 5.11 Å². The number of rotatable bonds is 4. The third-order valence-electron chi connectivity index (χ3n) is 4.59. The van der Waals surface area contributed by atoms with Crippen molar-refractivity contribution in [3.05, 3.63) is 11.9 Å². The van der Waals surface area contributed by atoms with E-state index in [1.807, 2.05) is 22.6 Å². The van der Waals surface area contributed by atoms with E-state index in [0.29, 0.717) is 23.8 Å². The number of hydrogen-bond acceptors (Lipinski definition) is 5. The summed E-state index contributed by atoms with van der Waals surface area (Å²) in [5, 5.41) is 22.4. The summed E-state index contributed by atoms with van der Waals surface area (Å²) in [7, 11) is 0. The molecule has 3 atom stereocenters. The molecule has 0 radical (unpaired) electrons. The molecule has 2 aliphatic rings. The minimum absolute atomic E-state index is 0.368. The van der Waals surface area contributed by atoms with E-state index in [4.69, 9.17) is 0 Å². The fourth-order valence-electron chi connectivity index (χ4n) is 3.31. The second-order valence-corrected chi connectivity index (χ2v) is 7.98. The molecule has 0 aromatic carbocycles. The van der Waals surface area contributed by atoms with Crippen LogP contribution in [0.2, 0.25) is 0 Å². The van der Waals surface area contributed by atoms with Gasteiger partial charge in [-0.1, -0.05) is 18.1 Å².